The van der Waals surface area contributed by atoms with Crippen LogP contribution in [0.5, 0.6) is 5.75 Å². The lowest BCUT2D eigenvalue weighted by atomic mass is 9.85. The zero-order valence-corrected chi connectivity index (χ0v) is 16.7. The summed E-state index contributed by atoms with van der Waals surface area (Å²) in [7, 11) is 0. The second-order valence-electron chi connectivity index (χ2n) is 7.51. The van der Waals surface area contributed by atoms with Gasteiger partial charge in [0, 0.05) is 12.5 Å². The summed E-state index contributed by atoms with van der Waals surface area (Å²) >= 11 is 0. The number of rotatable bonds is 5. The van der Waals surface area contributed by atoms with E-state index in [1.165, 1.54) is 11.9 Å². The minimum Gasteiger partial charge on any atom is -0.485 e. The minimum absolute atomic E-state index is 0.0575. The third-order valence-corrected chi connectivity index (χ3v) is 5.06. The average Bonchev–Trinajstić information content (AvgIpc) is 2.70. The highest BCUT2D eigenvalue weighted by Crippen LogP contribution is 2.45. The number of nitriles is 1. The van der Waals surface area contributed by atoms with E-state index < -0.39 is 17.7 Å². The number of hydrogen-bond acceptors (Lipinski definition) is 6. The smallest absolute Gasteiger partial charge is 0.238 e. The summed E-state index contributed by atoms with van der Waals surface area (Å²) in [5, 5.41) is 33.3. The van der Waals surface area contributed by atoms with Gasteiger partial charge < -0.3 is 14.9 Å². The molecule has 2 N–H and O–H groups in total. The van der Waals surface area contributed by atoms with Crippen LogP contribution in [0.15, 0.2) is 48.5 Å². The van der Waals surface area contributed by atoms with Crippen molar-refractivity contribution in [1.82, 2.24) is 5.01 Å². The largest absolute Gasteiger partial charge is 0.485 e. The van der Waals surface area contributed by atoms with E-state index >= 15 is 0 Å². The van der Waals surface area contributed by atoms with Gasteiger partial charge in [0.1, 0.15) is 23.5 Å². The Kier molecular flexibility index (Phi) is 5.78. The normalized spacial score (nSPS) is 19.4. The highest BCUT2D eigenvalue weighted by Gasteiger charge is 2.47. The van der Waals surface area contributed by atoms with E-state index in [-0.39, 0.29) is 19.1 Å². The molecule has 0 spiro atoms. The quantitative estimate of drug-likeness (QED) is 0.755. The molecule has 1 aliphatic heterocycles. The molecule has 2 unspecified atom stereocenters. The number of amides is 1. The molecule has 0 saturated carbocycles. The number of hydrazine groups is 1. The van der Waals surface area contributed by atoms with Crippen LogP contribution in [0.2, 0.25) is 0 Å². The lowest BCUT2D eigenvalue weighted by Gasteiger charge is -2.49. The number of aliphatic hydroxyl groups is 2. The third kappa shape index (κ3) is 3.90. The van der Waals surface area contributed by atoms with Crippen molar-refractivity contribution in [2.75, 3.05) is 18.2 Å². The van der Waals surface area contributed by atoms with E-state index in [1.54, 1.807) is 37.1 Å². The molecule has 0 aliphatic carbocycles. The molecule has 2 atom stereocenters. The number of hydrogen-bond donors (Lipinski definition) is 2. The molecule has 3 rings (SSSR count). The highest BCUT2D eigenvalue weighted by molar-refractivity contribution is 5.76. The number of aliphatic hydroxyl groups excluding tert-OH is 2. The van der Waals surface area contributed by atoms with E-state index in [2.05, 4.69) is 6.07 Å². The van der Waals surface area contributed by atoms with Crippen LogP contribution in [-0.4, -0.2) is 46.0 Å². The van der Waals surface area contributed by atoms with Gasteiger partial charge in [-0.2, -0.15) is 5.26 Å². The fourth-order valence-electron chi connectivity index (χ4n) is 3.64. The average molecular weight is 395 g/mol. The van der Waals surface area contributed by atoms with E-state index in [4.69, 9.17) is 4.74 Å². The molecule has 1 heterocycles. The van der Waals surface area contributed by atoms with Crippen LogP contribution in [-0.2, 0) is 4.79 Å². The van der Waals surface area contributed by atoms with Crippen molar-refractivity contribution in [2.24, 2.45) is 0 Å². The summed E-state index contributed by atoms with van der Waals surface area (Å²) < 4.78 is 6.01. The van der Waals surface area contributed by atoms with Crippen LogP contribution in [0.25, 0.3) is 0 Å². The first kappa shape index (κ1) is 20.6. The first-order valence-electron chi connectivity index (χ1n) is 9.44. The maximum atomic E-state index is 12.5. The van der Waals surface area contributed by atoms with Crippen molar-refractivity contribution in [3.8, 4) is 11.8 Å². The van der Waals surface area contributed by atoms with Crippen molar-refractivity contribution >= 4 is 11.6 Å². The predicted molar refractivity (Wildman–Crippen MR) is 108 cm³/mol. The van der Waals surface area contributed by atoms with Gasteiger partial charge >= 0.3 is 0 Å². The molecule has 29 heavy (non-hydrogen) atoms. The van der Waals surface area contributed by atoms with Gasteiger partial charge in [0.25, 0.3) is 0 Å². The number of anilines is 1. The monoisotopic (exact) mass is 395 g/mol. The van der Waals surface area contributed by atoms with Crippen LogP contribution in [0.4, 0.5) is 5.69 Å². The molecule has 0 bridgehead atoms. The Balaban J connectivity index is 2.25. The van der Waals surface area contributed by atoms with Crippen molar-refractivity contribution in [1.29, 1.82) is 5.26 Å². The summed E-state index contributed by atoms with van der Waals surface area (Å²) in [6, 6.07) is 15.6. The van der Waals surface area contributed by atoms with E-state index in [1.807, 2.05) is 30.3 Å². The molecule has 2 aromatic carbocycles. The second-order valence-corrected chi connectivity index (χ2v) is 7.51. The number of benzene rings is 2. The van der Waals surface area contributed by atoms with Crippen molar-refractivity contribution in [3.05, 3.63) is 59.7 Å². The zero-order valence-electron chi connectivity index (χ0n) is 16.7. The minimum atomic E-state index is -1.02. The number of fused-ring (bicyclic) bond motifs is 1. The Hall–Kier alpha value is -3.08. The van der Waals surface area contributed by atoms with Crippen LogP contribution >= 0.6 is 0 Å². The standard InChI is InChI=1S/C22H25N3O4/c1-15(27)24(11-12-26)25(17-7-5-4-6-8-17)20-18-13-16(14-23)9-10-19(18)29-22(2,3)21(20)28/h4-10,13,20-21,26,28H,11-12H2,1-3H3. The number of nitrogens with zero attached hydrogens (tertiary/aromatic N) is 3. The molecule has 1 aliphatic rings. The van der Waals surface area contributed by atoms with Gasteiger partial charge in [-0.25, -0.2) is 0 Å². The molecule has 7 heteroatoms. The fraction of sp³-hybridized carbons (Fsp3) is 0.364. The highest BCUT2D eigenvalue weighted by atomic mass is 16.5. The van der Waals surface area contributed by atoms with Gasteiger partial charge in [0.15, 0.2) is 0 Å². The molecule has 7 nitrogen and oxygen atoms in total. The van der Waals surface area contributed by atoms with Gasteiger partial charge in [-0.15, -0.1) is 0 Å². The predicted octanol–water partition coefficient (Wildman–Crippen LogP) is 2.39. The Morgan fingerprint density at radius 2 is 1.93 bits per heavy atom. The van der Waals surface area contributed by atoms with Gasteiger partial charge in [-0.3, -0.25) is 14.8 Å². The maximum Gasteiger partial charge on any atom is 0.238 e. The molecule has 0 saturated heterocycles. The summed E-state index contributed by atoms with van der Waals surface area (Å²) in [6.45, 7) is 4.78. The first-order chi connectivity index (χ1) is 13.8. The van der Waals surface area contributed by atoms with E-state index in [0.29, 0.717) is 22.6 Å². The van der Waals surface area contributed by atoms with E-state index in [9.17, 15) is 20.3 Å². The van der Waals surface area contributed by atoms with Crippen LogP contribution < -0.4 is 9.75 Å². The van der Waals surface area contributed by atoms with Crippen molar-refractivity contribution < 1.29 is 19.7 Å². The Morgan fingerprint density at radius 3 is 2.52 bits per heavy atom. The maximum absolute atomic E-state index is 12.5. The lowest BCUT2D eigenvalue weighted by molar-refractivity contribution is -0.132. The number of carbonyl (C=O) groups excluding carboxylic acids is 1. The Morgan fingerprint density at radius 1 is 1.24 bits per heavy atom. The first-order valence-corrected chi connectivity index (χ1v) is 9.44. The lowest BCUT2D eigenvalue weighted by Crippen LogP contribution is -2.59. The molecule has 152 valence electrons. The molecule has 0 aromatic heterocycles. The summed E-state index contributed by atoms with van der Waals surface area (Å²) in [6.07, 6.45) is -1.02. The van der Waals surface area contributed by atoms with Crippen LogP contribution in [0.1, 0.15) is 37.9 Å². The van der Waals surface area contributed by atoms with Gasteiger partial charge in [0.2, 0.25) is 5.91 Å². The molecular weight excluding hydrogens is 370 g/mol. The summed E-state index contributed by atoms with van der Waals surface area (Å²) in [5.74, 6) is 0.259. The number of ether oxygens (including phenoxy) is 1. The van der Waals surface area contributed by atoms with E-state index in [0.717, 1.165) is 0 Å². The molecule has 0 fully saturated rings. The molecule has 0 radical (unpaired) electrons. The zero-order chi connectivity index (χ0) is 21.2. The second kappa shape index (κ2) is 8.11. The van der Waals surface area contributed by atoms with Gasteiger partial charge in [-0.1, -0.05) is 18.2 Å². The summed E-state index contributed by atoms with van der Waals surface area (Å²) in [5.41, 5.74) is 0.754. The Bertz CT molecular complexity index is 923. The van der Waals surface area contributed by atoms with Gasteiger partial charge in [-0.05, 0) is 44.2 Å². The molecule has 2 aromatic rings. The molecule has 1 amide bonds. The van der Waals surface area contributed by atoms with Crippen LogP contribution in [0.3, 0.4) is 0 Å². The Labute approximate surface area is 170 Å². The topological polar surface area (TPSA) is 97.0 Å². The summed E-state index contributed by atoms with van der Waals surface area (Å²) in [4.78, 5) is 12.5. The number of carbonyl (C=O) groups is 1. The number of para-hydroxylation sites is 1. The van der Waals surface area contributed by atoms with Crippen LogP contribution in [0, 0.1) is 11.3 Å². The molecular formula is C22H25N3O4. The SMILES string of the molecule is CC(=O)N(CCO)N(c1ccccc1)C1c2cc(C#N)ccc2OC(C)(C)C1O. The third-order valence-electron chi connectivity index (χ3n) is 5.06. The van der Waals surface area contributed by atoms with Crippen molar-refractivity contribution in [2.45, 2.75) is 38.5 Å². The van der Waals surface area contributed by atoms with Gasteiger partial charge in [0.05, 0.1) is 30.5 Å². The van der Waals surface area contributed by atoms with Crippen molar-refractivity contribution in [3.63, 3.8) is 0 Å². The fourth-order valence-corrected chi connectivity index (χ4v) is 3.64.